The third kappa shape index (κ3) is 3.93. The molecule has 4 rings (SSSR count). The molecule has 3 amide bonds. The summed E-state index contributed by atoms with van der Waals surface area (Å²) in [6.45, 7) is 0.541. The highest BCUT2D eigenvalue weighted by Gasteiger charge is 2.46. The van der Waals surface area contributed by atoms with Gasteiger partial charge in [0.05, 0.1) is 0 Å². The third-order valence-corrected chi connectivity index (χ3v) is 6.11. The van der Waals surface area contributed by atoms with Gasteiger partial charge in [-0.3, -0.25) is 24.6 Å². The zero-order valence-corrected chi connectivity index (χ0v) is 16.2. The number of benzene rings is 1. The van der Waals surface area contributed by atoms with Crippen molar-refractivity contribution in [3.63, 3.8) is 0 Å². The van der Waals surface area contributed by atoms with E-state index >= 15 is 0 Å². The average Bonchev–Trinajstić information content (AvgIpc) is 2.99. The lowest BCUT2D eigenvalue weighted by molar-refractivity contribution is -0.194. The molecule has 2 fully saturated rings. The van der Waals surface area contributed by atoms with Gasteiger partial charge in [0.25, 0.3) is 5.91 Å². The number of hydrogen-bond donors (Lipinski definition) is 2. The van der Waals surface area contributed by atoms with Crippen LogP contribution in [0.1, 0.15) is 47.2 Å². The van der Waals surface area contributed by atoms with Crippen molar-refractivity contribution in [2.24, 2.45) is 5.73 Å². The van der Waals surface area contributed by atoms with Gasteiger partial charge in [0.15, 0.2) is 0 Å². The summed E-state index contributed by atoms with van der Waals surface area (Å²) >= 11 is 0. The van der Waals surface area contributed by atoms with Crippen molar-refractivity contribution in [2.75, 3.05) is 6.54 Å². The van der Waals surface area contributed by atoms with Crippen LogP contribution in [0.3, 0.4) is 0 Å². The molecule has 0 spiro atoms. The first-order valence-electron chi connectivity index (χ1n) is 9.96. The number of carbonyl (C=O) groups is 3. The van der Waals surface area contributed by atoms with Crippen LogP contribution in [0.2, 0.25) is 0 Å². The summed E-state index contributed by atoms with van der Waals surface area (Å²) in [7, 11) is 0. The Morgan fingerprint density at radius 2 is 1.93 bits per heavy atom. The Hall–Kier alpha value is -2.46. The number of amides is 3. The molecular formula is C20H23F3N4O3. The predicted octanol–water partition coefficient (Wildman–Crippen LogP) is 1.30. The number of nitrogens with two attached hydrogens (primary N) is 1. The van der Waals surface area contributed by atoms with Crippen LogP contribution < -0.4 is 11.1 Å². The Kier molecular flexibility index (Phi) is 5.31. The standard InChI is InChI=1S/C20H23F3N4O3/c21-20(22,23)16-8-13(24)5-6-26(16)9-11-1-2-12-10-27(19(30)14(12)7-11)15-3-4-17(28)25-18(15)29/h1-2,7,13,15-16H,3-6,8-10,24H2,(H,25,28,29)/t13-,15?,16+/m1/s1. The van der Waals surface area contributed by atoms with Crippen molar-refractivity contribution >= 4 is 17.7 Å². The highest BCUT2D eigenvalue weighted by Crippen LogP contribution is 2.33. The smallest absolute Gasteiger partial charge is 0.328 e. The summed E-state index contributed by atoms with van der Waals surface area (Å²) in [4.78, 5) is 39.2. The predicted molar refractivity (Wildman–Crippen MR) is 99.9 cm³/mol. The lowest BCUT2D eigenvalue weighted by atomic mass is 9.96. The van der Waals surface area contributed by atoms with E-state index in [-0.39, 0.29) is 50.7 Å². The van der Waals surface area contributed by atoms with Gasteiger partial charge in [0.1, 0.15) is 12.1 Å². The molecular weight excluding hydrogens is 401 g/mol. The van der Waals surface area contributed by atoms with E-state index in [9.17, 15) is 27.6 Å². The fourth-order valence-electron chi connectivity index (χ4n) is 4.51. The van der Waals surface area contributed by atoms with Gasteiger partial charge in [-0.2, -0.15) is 13.2 Å². The maximum Gasteiger partial charge on any atom is 0.404 e. The van der Waals surface area contributed by atoms with E-state index in [0.717, 1.165) is 5.56 Å². The van der Waals surface area contributed by atoms with E-state index in [1.807, 2.05) is 0 Å². The van der Waals surface area contributed by atoms with Gasteiger partial charge in [-0.15, -0.1) is 0 Å². The molecule has 0 saturated carbocycles. The number of rotatable bonds is 3. The van der Waals surface area contributed by atoms with Gasteiger partial charge in [0.2, 0.25) is 11.8 Å². The summed E-state index contributed by atoms with van der Waals surface area (Å²) < 4.78 is 40.4. The van der Waals surface area contributed by atoms with Crippen molar-refractivity contribution in [1.29, 1.82) is 0 Å². The number of imide groups is 1. The van der Waals surface area contributed by atoms with E-state index in [2.05, 4.69) is 5.32 Å². The number of nitrogens with one attached hydrogen (secondary N) is 1. The summed E-state index contributed by atoms with van der Waals surface area (Å²) in [5.74, 6) is -1.19. The average molecular weight is 424 g/mol. The number of likely N-dealkylation sites (tertiary alicyclic amines) is 1. The molecule has 3 N–H and O–H groups in total. The summed E-state index contributed by atoms with van der Waals surface area (Å²) in [5, 5.41) is 2.25. The van der Waals surface area contributed by atoms with Crippen molar-refractivity contribution in [2.45, 2.75) is 63.1 Å². The summed E-state index contributed by atoms with van der Waals surface area (Å²) in [6.07, 6.45) is -3.60. The van der Waals surface area contributed by atoms with Crippen LogP contribution >= 0.6 is 0 Å². The van der Waals surface area contributed by atoms with Crippen LogP contribution in [0, 0.1) is 0 Å². The summed E-state index contributed by atoms with van der Waals surface area (Å²) in [6, 6.07) is 2.27. The first-order chi connectivity index (χ1) is 14.1. The van der Waals surface area contributed by atoms with E-state index in [1.165, 1.54) is 9.80 Å². The van der Waals surface area contributed by atoms with Crippen LogP contribution in [-0.2, 0) is 22.7 Å². The van der Waals surface area contributed by atoms with Crippen LogP contribution in [0.15, 0.2) is 18.2 Å². The molecule has 0 radical (unpaired) electrons. The molecule has 0 aromatic heterocycles. The molecule has 0 bridgehead atoms. The summed E-state index contributed by atoms with van der Waals surface area (Å²) in [5.41, 5.74) is 7.47. The minimum atomic E-state index is -4.37. The molecule has 2 saturated heterocycles. The molecule has 1 aromatic rings. The normalized spacial score (nSPS) is 27.9. The van der Waals surface area contributed by atoms with Crippen molar-refractivity contribution in [1.82, 2.24) is 15.1 Å². The molecule has 3 aliphatic rings. The number of halogens is 3. The minimum Gasteiger partial charge on any atom is -0.328 e. The highest BCUT2D eigenvalue weighted by molar-refractivity contribution is 6.05. The van der Waals surface area contributed by atoms with Crippen LogP contribution in [0.4, 0.5) is 13.2 Å². The van der Waals surface area contributed by atoms with Gasteiger partial charge < -0.3 is 10.6 Å². The number of hydrogen-bond acceptors (Lipinski definition) is 5. The molecule has 162 valence electrons. The Labute approximate surface area is 171 Å². The second-order valence-electron chi connectivity index (χ2n) is 8.20. The zero-order valence-electron chi connectivity index (χ0n) is 16.2. The number of carbonyl (C=O) groups excluding carboxylic acids is 3. The molecule has 0 aliphatic carbocycles. The molecule has 1 unspecified atom stereocenters. The quantitative estimate of drug-likeness (QED) is 0.714. The monoisotopic (exact) mass is 424 g/mol. The van der Waals surface area contributed by atoms with E-state index in [4.69, 9.17) is 5.73 Å². The molecule has 3 atom stereocenters. The first kappa shape index (κ1) is 20.8. The molecule has 10 heteroatoms. The van der Waals surface area contributed by atoms with Gasteiger partial charge in [-0.1, -0.05) is 12.1 Å². The minimum absolute atomic E-state index is 0.0654. The molecule has 7 nitrogen and oxygen atoms in total. The third-order valence-electron chi connectivity index (χ3n) is 6.11. The van der Waals surface area contributed by atoms with Crippen LogP contribution in [0.25, 0.3) is 0 Å². The maximum atomic E-state index is 13.5. The zero-order chi connectivity index (χ0) is 21.6. The van der Waals surface area contributed by atoms with Crippen LogP contribution in [0.5, 0.6) is 0 Å². The van der Waals surface area contributed by atoms with Gasteiger partial charge in [0, 0.05) is 37.7 Å². The molecule has 30 heavy (non-hydrogen) atoms. The topological polar surface area (TPSA) is 95.7 Å². The number of piperidine rings is 2. The largest absolute Gasteiger partial charge is 0.404 e. The van der Waals surface area contributed by atoms with Crippen molar-refractivity contribution < 1.29 is 27.6 Å². The number of nitrogens with zero attached hydrogens (tertiary/aromatic N) is 2. The number of fused-ring (bicyclic) bond motifs is 1. The maximum absolute atomic E-state index is 13.5. The second-order valence-corrected chi connectivity index (χ2v) is 8.20. The first-order valence-corrected chi connectivity index (χ1v) is 9.96. The van der Waals surface area contributed by atoms with Crippen LogP contribution in [-0.4, -0.2) is 58.4 Å². The lowest BCUT2D eigenvalue weighted by Crippen LogP contribution is -2.53. The Morgan fingerprint density at radius 1 is 1.17 bits per heavy atom. The second kappa shape index (κ2) is 7.66. The Bertz CT molecular complexity index is 889. The van der Waals surface area contributed by atoms with Gasteiger partial charge in [-0.25, -0.2) is 0 Å². The van der Waals surface area contributed by atoms with Gasteiger partial charge >= 0.3 is 6.18 Å². The Morgan fingerprint density at radius 3 is 2.63 bits per heavy atom. The van der Waals surface area contributed by atoms with Crippen molar-refractivity contribution in [3.8, 4) is 0 Å². The van der Waals surface area contributed by atoms with Crippen molar-refractivity contribution in [3.05, 3.63) is 34.9 Å². The van der Waals surface area contributed by atoms with E-state index in [1.54, 1.807) is 18.2 Å². The fraction of sp³-hybridized carbons (Fsp3) is 0.550. The van der Waals surface area contributed by atoms with E-state index in [0.29, 0.717) is 17.5 Å². The number of alkyl halides is 3. The fourth-order valence-corrected chi connectivity index (χ4v) is 4.51. The SMILES string of the molecule is N[C@@H]1CCN(Cc2ccc3c(c2)C(=O)N(C2CCC(=O)NC2=O)C3)[C@H](C(F)(F)F)C1. The molecule has 3 heterocycles. The van der Waals surface area contributed by atoms with Gasteiger partial charge in [-0.05, 0) is 36.5 Å². The molecule has 3 aliphatic heterocycles. The highest BCUT2D eigenvalue weighted by atomic mass is 19.4. The lowest BCUT2D eigenvalue weighted by Gasteiger charge is -2.39. The Balaban J connectivity index is 1.51. The van der Waals surface area contributed by atoms with E-state index < -0.39 is 30.2 Å². The molecule has 1 aromatic carbocycles.